The van der Waals surface area contributed by atoms with Crippen LogP contribution < -0.4 is 10.6 Å². The topological polar surface area (TPSA) is 66.9 Å². The number of anilines is 1. The molecule has 0 aliphatic rings. The van der Waals surface area contributed by atoms with Gasteiger partial charge in [-0.1, -0.05) is 30.3 Å². The Kier molecular flexibility index (Phi) is 4.59. The fourth-order valence-electron chi connectivity index (χ4n) is 1.81. The summed E-state index contributed by atoms with van der Waals surface area (Å²) in [4.78, 5) is 19.1. The molecule has 0 bridgehead atoms. The van der Waals surface area contributed by atoms with E-state index in [1.807, 2.05) is 0 Å². The van der Waals surface area contributed by atoms with E-state index in [0.717, 1.165) is 12.3 Å². The van der Waals surface area contributed by atoms with Crippen molar-refractivity contribution in [3.8, 4) is 0 Å². The van der Waals surface area contributed by atoms with Crippen LogP contribution in [-0.4, -0.2) is 22.9 Å². The molecule has 0 saturated carbocycles. The number of carbonyl (C=O) groups excluding carboxylic acids is 1. The first-order valence-corrected chi connectivity index (χ1v) is 6.35. The van der Waals surface area contributed by atoms with Crippen molar-refractivity contribution < 1.29 is 18.0 Å². The summed E-state index contributed by atoms with van der Waals surface area (Å²) >= 11 is 0. The molecule has 2 N–H and O–H groups in total. The molecule has 0 aliphatic heterocycles. The smallest absolute Gasteiger partial charge is 0.357 e. The number of alkyl halides is 3. The van der Waals surface area contributed by atoms with Crippen LogP contribution in [0.25, 0.3) is 0 Å². The Morgan fingerprint density at radius 3 is 2.45 bits per heavy atom. The molecule has 22 heavy (non-hydrogen) atoms. The van der Waals surface area contributed by atoms with Gasteiger partial charge in [0.25, 0.3) is 0 Å². The van der Waals surface area contributed by atoms with Crippen molar-refractivity contribution in [2.24, 2.45) is 0 Å². The van der Waals surface area contributed by atoms with Gasteiger partial charge in [-0.3, -0.25) is 4.79 Å². The van der Waals surface area contributed by atoms with E-state index in [2.05, 4.69) is 20.6 Å². The average molecular weight is 310 g/mol. The lowest BCUT2D eigenvalue weighted by Gasteiger charge is -2.18. The maximum Gasteiger partial charge on any atom is 0.433 e. The minimum absolute atomic E-state index is 0.271. The molecular weight excluding hydrogens is 297 g/mol. The molecule has 1 aromatic carbocycles. The van der Waals surface area contributed by atoms with E-state index in [-0.39, 0.29) is 5.95 Å². The highest BCUT2D eigenvalue weighted by molar-refractivity contribution is 5.85. The number of halogens is 3. The molecule has 0 aliphatic carbocycles. The van der Waals surface area contributed by atoms with Gasteiger partial charge in [-0.2, -0.15) is 13.2 Å². The first kappa shape index (κ1) is 15.7. The highest BCUT2D eigenvalue weighted by Crippen LogP contribution is 2.28. The summed E-state index contributed by atoms with van der Waals surface area (Å²) in [6, 6.07) is 8.45. The lowest BCUT2D eigenvalue weighted by molar-refractivity contribution is -0.141. The van der Waals surface area contributed by atoms with Crippen LogP contribution in [0, 0.1) is 0 Å². The van der Waals surface area contributed by atoms with Gasteiger partial charge in [0.05, 0.1) is 0 Å². The van der Waals surface area contributed by atoms with Crippen molar-refractivity contribution in [3.63, 3.8) is 0 Å². The van der Waals surface area contributed by atoms with E-state index in [1.165, 1.54) is 7.05 Å². The molecule has 0 spiro atoms. The van der Waals surface area contributed by atoms with Gasteiger partial charge in [-0.25, -0.2) is 9.97 Å². The second kappa shape index (κ2) is 6.42. The Morgan fingerprint density at radius 1 is 1.18 bits per heavy atom. The van der Waals surface area contributed by atoms with Crippen molar-refractivity contribution in [3.05, 3.63) is 53.9 Å². The van der Waals surface area contributed by atoms with Gasteiger partial charge in [0, 0.05) is 13.2 Å². The number of likely N-dealkylation sites (N-methyl/N-ethyl adjacent to an activating group) is 1. The van der Waals surface area contributed by atoms with Gasteiger partial charge in [0.15, 0.2) is 0 Å². The minimum Gasteiger partial charge on any atom is -0.357 e. The van der Waals surface area contributed by atoms with Crippen LogP contribution in [0.2, 0.25) is 0 Å². The number of hydrogen-bond acceptors (Lipinski definition) is 4. The number of aromatic nitrogens is 2. The number of hydrogen-bond donors (Lipinski definition) is 2. The molecule has 0 unspecified atom stereocenters. The number of rotatable bonds is 4. The third kappa shape index (κ3) is 3.72. The summed E-state index contributed by atoms with van der Waals surface area (Å²) in [5, 5.41) is 5.07. The number of carbonyl (C=O) groups is 1. The summed E-state index contributed by atoms with van der Waals surface area (Å²) in [6.45, 7) is 0. The Labute approximate surface area is 124 Å². The van der Waals surface area contributed by atoms with Crippen LogP contribution in [-0.2, 0) is 11.0 Å². The molecule has 2 aromatic rings. The third-order valence-corrected chi connectivity index (χ3v) is 2.86. The normalized spacial score (nSPS) is 12.5. The molecule has 116 valence electrons. The van der Waals surface area contributed by atoms with E-state index in [9.17, 15) is 18.0 Å². The summed E-state index contributed by atoms with van der Waals surface area (Å²) in [6.07, 6.45) is -3.58. The van der Waals surface area contributed by atoms with Gasteiger partial charge in [0.1, 0.15) is 11.7 Å². The third-order valence-electron chi connectivity index (χ3n) is 2.86. The predicted octanol–water partition coefficient (Wildman–Crippen LogP) is 2.39. The van der Waals surface area contributed by atoms with Gasteiger partial charge < -0.3 is 10.6 Å². The minimum atomic E-state index is -4.57. The van der Waals surface area contributed by atoms with Crippen molar-refractivity contribution >= 4 is 11.9 Å². The first-order chi connectivity index (χ1) is 10.4. The Bertz CT molecular complexity index is 646. The lowest BCUT2D eigenvalue weighted by atomic mass is 10.1. The number of nitrogens with one attached hydrogen (secondary N) is 2. The molecule has 0 saturated heterocycles. The lowest BCUT2D eigenvalue weighted by Crippen LogP contribution is -2.31. The molecule has 5 nitrogen and oxygen atoms in total. The zero-order chi connectivity index (χ0) is 16.2. The highest BCUT2D eigenvalue weighted by atomic mass is 19.4. The zero-order valence-corrected chi connectivity index (χ0v) is 11.6. The second-order valence-electron chi connectivity index (χ2n) is 4.37. The summed E-state index contributed by atoms with van der Waals surface area (Å²) in [7, 11) is 1.44. The summed E-state index contributed by atoms with van der Waals surface area (Å²) < 4.78 is 38.0. The van der Waals surface area contributed by atoms with Crippen molar-refractivity contribution in [1.82, 2.24) is 15.3 Å². The van der Waals surface area contributed by atoms with Crippen LogP contribution >= 0.6 is 0 Å². The summed E-state index contributed by atoms with van der Waals surface area (Å²) in [5.74, 6) is -0.681. The van der Waals surface area contributed by atoms with Crippen LogP contribution in [0.5, 0.6) is 0 Å². The fourth-order valence-corrected chi connectivity index (χ4v) is 1.81. The standard InChI is InChI=1S/C14H13F3N4O/c1-18-12(22)11(9-5-3-2-4-6-9)21-13-19-8-7-10(20-13)14(15,16)17/h2-8,11H,1H3,(H,18,22)(H,19,20,21)/t11-/m1/s1. The molecular formula is C14H13F3N4O. The highest BCUT2D eigenvalue weighted by Gasteiger charge is 2.33. The van der Waals surface area contributed by atoms with Crippen LogP contribution in [0.3, 0.4) is 0 Å². The molecule has 2 rings (SSSR count). The largest absolute Gasteiger partial charge is 0.433 e. The van der Waals surface area contributed by atoms with E-state index in [4.69, 9.17) is 0 Å². The van der Waals surface area contributed by atoms with E-state index in [1.54, 1.807) is 30.3 Å². The molecule has 1 atom stereocenters. The monoisotopic (exact) mass is 310 g/mol. The van der Waals surface area contributed by atoms with Crippen molar-refractivity contribution in [2.45, 2.75) is 12.2 Å². The van der Waals surface area contributed by atoms with Crippen LogP contribution in [0.15, 0.2) is 42.6 Å². The van der Waals surface area contributed by atoms with Gasteiger partial charge in [-0.05, 0) is 11.6 Å². The van der Waals surface area contributed by atoms with Gasteiger partial charge in [-0.15, -0.1) is 0 Å². The maximum absolute atomic E-state index is 12.7. The quantitative estimate of drug-likeness (QED) is 0.910. The molecule has 1 heterocycles. The molecule has 0 radical (unpaired) electrons. The Balaban J connectivity index is 2.30. The van der Waals surface area contributed by atoms with Crippen LogP contribution in [0.1, 0.15) is 17.3 Å². The molecule has 8 heteroatoms. The second-order valence-corrected chi connectivity index (χ2v) is 4.37. The number of benzene rings is 1. The SMILES string of the molecule is CNC(=O)[C@H](Nc1nccc(C(F)(F)F)n1)c1ccccc1. The van der Waals surface area contributed by atoms with Crippen molar-refractivity contribution in [1.29, 1.82) is 0 Å². The Morgan fingerprint density at radius 2 is 1.86 bits per heavy atom. The predicted molar refractivity (Wildman–Crippen MR) is 73.9 cm³/mol. The van der Waals surface area contributed by atoms with Crippen LogP contribution in [0.4, 0.5) is 19.1 Å². The number of amides is 1. The Hall–Kier alpha value is -2.64. The zero-order valence-electron chi connectivity index (χ0n) is 11.6. The fraction of sp³-hybridized carbons (Fsp3) is 0.214. The van der Waals surface area contributed by atoms with Gasteiger partial charge >= 0.3 is 6.18 Å². The first-order valence-electron chi connectivity index (χ1n) is 6.35. The van der Waals surface area contributed by atoms with Crippen molar-refractivity contribution in [2.75, 3.05) is 12.4 Å². The van der Waals surface area contributed by atoms with E-state index in [0.29, 0.717) is 5.56 Å². The van der Waals surface area contributed by atoms with Gasteiger partial charge in [0.2, 0.25) is 11.9 Å². The maximum atomic E-state index is 12.7. The summed E-state index contributed by atoms with van der Waals surface area (Å²) in [5.41, 5.74) is -0.489. The number of nitrogens with zero attached hydrogens (tertiary/aromatic N) is 2. The molecule has 1 amide bonds. The van der Waals surface area contributed by atoms with E-state index < -0.39 is 23.8 Å². The van der Waals surface area contributed by atoms with E-state index >= 15 is 0 Å². The molecule has 1 aromatic heterocycles. The average Bonchev–Trinajstić information content (AvgIpc) is 2.52. The molecule has 0 fully saturated rings.